The van der Waals surface area contributed by atoms with Gasteiger partial charge in [0, 0.05) is 13.1 Å². The van der Waals surface area contributed by atoms with Gasteiger partial charge in [0.2, 0.25) is 0 Å². The Hall–Kier alpha value is -1.77. The van der Waals surface area contributed by atoms with Crippen molar-refractivity contribution in [2.24, 2.45) is 10.8 Å². The molecule has 136 valence electrons. The lowest BCUT2D eigenvalue weighted by atomic mass is 9.60. The SMILES string of the molecule is CC1(C)CC(c2ccccc2C2=CCN(C(=O)O)CC2)CC(C)(C)C1. The van der Waals surface area contributed by atoms with Crippen molar-refractivity contribution in [3.63, 3.8) is 0 Å². The molecule has 0 radical (unpaired) electrons. The van der Waals surface area contributed by atoms with Gasteiger partial charge in [-0.3, -0.25) is 0 Å². The normalized spacial score (nSPS) is 23.2. The summed E-state index contributed by atoms with van der Waals surface area (Å²) in [6.07, 6.45) is 5.82. The van der Waals surface area contributed by atoms with Gasteiger partial charge in [-0.1, -0.05) is 58.0 Å². The number of benzene rings is 1. The van der Waals surface area contributed by atoms with Crippen LogP contribution in [0.25, 0.3) is 5.57 Å². The highest BCUT2D eigenvalue weighted by atomic mass is 16.4. The average molecular weight is 341 g/mol. The van der Waals surface area contributed by atoms with Crippen molar-refractivity contribution < 1.29 is 9.90 Å². The molecular weight excluding hydrogens is 310 g/mol. The second-order valence-corrected chi connectivity index (χ2v) is 9.41. The molecule has 0 aromatic heterocycles. The summed E-state index contributed by atoms with van der Waals surface area (Å²) in [6, 6.07) is 8.79. The maximum atomic E-state index is 11.2. The van der Waals surface area contributed by atoms with Crippen LogP contribution in [-0.2, 0) is 0 Å². The zero-order valence-corrected chi connectivity index (χ0v) is 16.0. The topological polar surface area (TPSA) is 40.5 Å². The minimum absolute atomic E-state index is 0.362. The number of rotatable bonds is 2. The van der Waals surface area contributed by atoms with Crippen LogP contribution in [-0.4, -0.2) is 29.2 Å². The van der Waals surface area contributed by atoms with Crippen LogP contribution in [0.15, 0.2) is 30.3 Å². The second-order valence-electron chi connectivity index (χ2n) is 9.41. The van der Waals surface area contributed by atoms with E-state index >= 15 is 0 Å². The van der Waals surface area contributed by atoms with E-state index < -0.39 is 6.09 Å². The van der Waals surface area contributed by atoms with Gasteiger partial charge in [0.05, 0.1) is 0 Å². The van der Waals surface area contributed by atoms with Crippen LogP contribution in [0.3, 0.4) is 0 Å². The number of amides is 1. The molecule has 1 amide bonds. The van der Waals surface area contributed by atoms with Crippen LogP contribution in [0, 0.1) is 10.8 Å². The lowest BCUT2D eigenvalue weighted by Crippen LogP contribution is -2.34. The molecule has 1 saturated carbocycles. The largest absolute Gasteiger partial charge is 0.465 e. The van der Waals surface area contributed by atoms with E-state index in [1.165, 1.54) is 40.9 Å². The maximum absolute atomic E-state index is 11.2. The molecule has 1 aromatic carbocycles. The highest BCUT2D eigenvalue weighted by Gasteiger charge is 2.39. The van der Waals surface area contributed by atoms with Crippen LogP contribution in [0.5, 0.6) is 0 Å². The predicted octanol–water partition coefficient (Wildman–Crippen LogP) is 5.77. The van der Waals surface area contributed by atoms with Crippen molar-refractivity contribution in [1.82, 2.24) is 4.90 Å². The number of hydrogen-bond acceptors (Lipinski definition) is 1. The molecule has 1 aliphatic heterocycles. The second kappa shape index (κ2) is 6.51. The minimum atomic E-state index is -0.820. The van der Waals surface area contributed by atoms with Gasteiger partial charge in [-0.15, -0.1) is 0 Å². The van der Waals surface area contributed by atoms with E-state index in [0.29, 0.717) is 29.8 Å². The number of carbonyl (C=O) groups is 1. The van der Waals surface area contributed by atoms with Gasteiger partial charge in [-0.05, 0) is 59.1 Å². The fourth-order valence-electron chi connectivity index (χ4n) is 5.30. The standard InChI is InChI=1S/C22H31NO2/c1-21(2)13-17(14-22(3,4)15-21)19-8-6-5-7-18(19)16-9-11-23(12-10-16)20(24)25/h5-9,17H,10-15H2,1-4H3,(H,24,25). The van der Waals surface area contributed by atoms with Crippen molar-refractivity contribution in [3.05, 3.63) is 41.5 Å². The van der Waals surface area contributed by atoms with Crippen molar-refractivity contribution in [2.75, 3.05) is 13.1 Å². The molecule has 3 nitrogen and oxygen atoms in total. The first-order chi connectivity index (χ1) is 11.7. The summed E-state index contributed by atoms with van der Waals surface area (Å²) in [4.78, 5) is 12.6. The average Bonchev–Trinajstić information content (AvgIpc) is 2.52. The smallest absolute Gasteiger partial charge is 0.407 e. The highest BCUT2D eigenvalue weighted by molar-refractivity contribution is 5.73. The van der Waals surface area contributed by atoms with Crippen molar-refractivity contribution in [1.29, 1.82) is 0 Å². The molecule has 1 aromatic rings. The number of nitrogens with zero attached hydrogens (tertiary/aromatic N) is 1. The van der Waals surface area contributed by atoms with E-state index in [2.05, 4.69) is 58.0 Å². The molecule has 3 rings (SSSR count). The fourth-order valence-corrected chi connectivity index (χ4v) is 5.30. The van der Waals surface area contributed by atoms with Crippen LogP contribution >= 0.6 is 0 Å². The highest BCUT2D eigenvalue weighted by Crippen LogP contribution is 2.52. The van der Waals surface area contributed by atoms with Crippen LogP contribution in [0.2, 0.25) is 0 Å². The molecule has 0 spiro atoms. The summed E-state index contributed by atoms with van der Waals surface area (Å²) < 4.78 is 0. The van der Waals surface area contributed by atoms with E-state index in [4.69, 9.17) is 5.11 Å². The van der Waals surface area contributed by atoms with Gasteiger partial charge < -0.3 is 10.0 Å². The summed E-state index contributed by atoms with van der Waals surface area (Å²) >= 11 is 0. The predicted molar refractivity (Wildman–Crippen MR) is 103 cm³/mol. The Morgan fingerprint density at radius 2 is 1.76 bits per heavy atom. The quantitative estimate of drug-likeness (QED) is 0.741. The zero-order chi connectivity index (χ0) is 18.2. The Morgan fingerprint density at radius 3 is 2.32 bits per heavy atom. The molecule has 2 aliphatic rings. The first kappa shape index (κ1) is 18.0. The Morgan fingerprint density at radius 1 is 1.12 bits per heavy atom. The monoisotopic (exact) mass is 341 g/mol. The molecule has 0 saturated heterocycles. The Labute approximate surface area is 151 Å². The van der Waals surface area contributed by atoms with E-state index in [-0.39, 0.29) is 0 Å². The molecule has 1 aliphatic carbocycles. The Balaban J connectivity index is 1.91. The molecule has 1 fully saturated rings. The van der Waals surface area contributed by atoms with E-state index in [9.17, 15) is 4.79 Å². The first-order valence-electron chi connectivity index (χ1n) is 9.43. The van der Waals surface area contributed by atoms with Gasteiger partial charge in [0.15, 0.2) is 0 Å². The third kappa shape index (κ3) is 4.08. The van der Waals surface area contributed by atoms with Gasteiger partial charge >= 0.3 is 6.09 Å². The first-order valence-corrected chi connectivity index (χ1v) is 9.43. The van der Waals surface area contributed by atoms with Gasteiger partial charge in [-0.25, -0.2) is 4.79 Å². The summed E-state index contributed by atoms with van der Waals surface area (Å²) in [7, 11) is 0. The molecule has 0 unspecified atom stereocenters. The van der Waals surface area contributed by atoms with Gasteiger partial charge in [0.1, 0.15) is 0 Å². The molecule has 1 heterocycles. The molecule has 3 heteroatoms. The fraction of sp³-hybridized carbons (Fsp3) is 0.591. The molecule has 0 atom stereocenters. The van der Waals surface area contributed by atoms with E-state index in [1.54, 1.807) is 0 Å². The maximum Gasteiger partial charge on any atom is 0.407 e. The van der Waals surface area contributed by atoms with Crippen molar-refractivity contribution in [3.8, 4) is 0 Å². The van der Waals surface area contributed by atoms with E-state index in [1.807, 2.05) is 0 Å². The summed E-state index contributed by atoms with van der Waals surface area (Å²) in [5.74, 6) is 0.577. The molecule has 1 N–H and O–H groups in total. The zero-order valence-electron chi connectivity index (χ0n) is 16.0. The van der Waals surface area contributed by atoms with Crippen LogP contribution in [0.1, 0.15) is 70.4 Å². The Kier molecular flexibility index (Phi) is 4.70. The minimum Gasteiger partial charge on any atom is -0.465 e. The van der Waals surface area contributed by atoms with Crippen molar-refractivity contribution >= 4 is 11.7 Å². The van der Waals surface area contributed by atoms with E-state index in [0.717, 1.165) is 6.42 Å². The van der Waals surface area contributed by atoms with Gasteiger partial charge in [0.25, 0.3) is 0 Å². The molecule has 25 heavy (non-hydrogen) atoms. The lowest BCUT2D eigenvalue weighted by Gasteiger charge is -2.45. The van der Waals surface area contributed by atoms with Crippen LogP contribution in [0.4, 0.5) is 4.79 Å². The summed E-state index contributed by atoms with van der Waals surface area (Å²) in [5, 5.41) is 9.17. The third-order valence-electron chi connectivity index (χ3n) is 5.78. The lowest BCUT2D eigenvalue weighted by molar-refractivity contribution is 0.0968. The number of hydrogen-bond donors (Lipinski definition) is 1. The van der Waals surface area contributed by atoms with Gasteiger partial charge in [-0.2, -0.15) is 0 Å². The summed E-state index contributed by atoms with van der Waals surface area (Å²) in [6.45, 7) is 10.7. The molecular formula is C22H31NO2. The molecule has 0 bridgehead atoms. The number of carboxylic acid groups (broad SMARTS) is 1. The third-order valence-corrected chi connectivity index (χ3v) is 5.78. The van der Waals surface area contributed by atoms with Crippen LogP contribution < -0.4 is 0 Å². The van der Waals surface area contributed by atoms with Crippen molar-refractivity contribution in [2.45, 2.75) is 59.3 Å². The Bertz CT molecular complexity index is 671. The summed E-state index contributed by atoms with van der Waals surface area (Å²) in [5.41, 5.74) is 4.83.